The second-order valence-corrected chi connectivity index (χ2v) is 6.86. The van der Waals surface area contributed by atoms with Gasteiger partial charge in [-0.1, -0.05) is 6.07 Å². The Hall–Kier alpha value is -1.33. The second kappa shape index (κ2) is 6.21. The molecule has 3 nitrogen and oxygen atoms in total. The van der Waals surface area contributed by atoms with Gasteiger partial charge in [0.25, 0.3) is 5.91 Å². The van der Waals surface area contributed by atoms with Crippen molar-refractivity contribution in [3.8, 4) is 0 Å². The van der Waals surface area contributed by atoms with Gasteiger partial charge in [-0.05, 0) is 52.7 Å². The Balaban J connectivity index is 1.96. The van der Waals surface area contributed by atoms with Crippen LogP contribution in [-0.4, -0.2) is 24.4 Å². The second-order valence-electron chi connectivity index (χ2n) is 4.31. The molecular formula is C14H15BrN2OS. The third-order valence-corrected chi connectivity index (χ3v) is 4.49. The molecule has 1 aromatic carbocycles. The van der Waals surface area contributed by atoms with Crippen LogP contribution in [0.15, 0.2) is 40.2 Å². The van der Waals surface area contributed by atoms with E-state index in [0.29, 0.717) is 17.8 Å². The zero-order valence-corrected chi connectivity index (χ0v) is 13.0. The average molecular weight is 339 g/mol. The maximum atomic E-state index is 12.2. The topological polar surface area (TPSA) is 46.3 Å². The zero-order chi connectivity index (χ0) is 13.8. The van der Waals surface area contributed by atoms with E-state index in [4.69, 9.17) is 5.73 Å². The van der Waals surface area contributed by atoms with E-state index in [0.717, 1.165) is 10.2 Å². The highest BCUT2D eigenvalue weighted by atomic mass is 79.9. The first-order valence-corrected chi connectivity index (χ1v) is 7.52. The summed E-state index contributed by atoms with van der Waals surface area (Å²) >= 11 is 5.14. The molecule has 5 heteroatoms. The van der Waals surface area contributed by atoms with Gasteiger partial charge in [-0.2, -0.15) is 0 Å². The van der Waals surface area contributed by atoms with Crippen LogP contribution in [-0.2, 0) is 6.42 Å². The maximum Gasteiger partial charge on any atom is 0.253 e. The number of hydrogen-bond donors (Lipinski definition) is 1. The number of likely N-dealkylation sites (N-methyl/N-ethyl adjacent to an activating group) is 1. The molecule has 0 spiro atoms. The van der Waals surface area contributed by atoms with Gasteiger partial charge in [0.05, 0.1) is 3.79 Å². The molecule has 0 aliphatic carbocycles. The quantitative estimate of drug-likeness (QED) is 0.868. The van der Waals surface area contributed by atoms with E-state index in [-0.39, 0.29) is 5.91 Å². The van der Waals surface area contributed by atoms with Crippen LogP contribution in [0.25, 0.3) is 0 Å². The van der Waals surface area contributed by atoms with Gasteiger partial charge < -0.3 is 10.6 Å². The minimum absolute atomic E-state index is 0.00271. The van der Waals surface area contributed by atoms with E-state index in [1.54, 1.807) is 40.5 Å². The molecule has 0 saturated heterocycles. The first kappa shape index (κ1) is 14.1. The van der Waals surface area contributed by atoms with E-state index < -0.39 is 0 Å². The van der Waals surface area contributed by atoms with Crippen molar-refractivity contribution in [1.29, 1.82) is 0 Å². The highest BCUT2D eigenvalue weighted by molar-refractivity contribution is 9.11. The van der Waals surface area contributed by atoms with E-state index in [2.05, 4.69) is 22.0 Å². The van der Waals surface area contributed by atoms with Crippen LogP contribution in [0.1, 0.15) is 15.2 Å². The molecule has 0 atom stereocenters. The number of thiophene rings is 1. The number of halogens is 1. The maximum absolute atomic E-state index is 12.2. The number of amides is 1. The molecule has 0 bridgehead atoms. The predicted octanol–water partition coefficient (Wildman–Crippen LogP) is 3.41. The average Bonchev–Trinajstić information content (AvgIpc) is 2.81. The largest absolute Gasteiger partial charge is 0.399 e. The Labute approximate surface area is 125 Å². The highest BCUT2D eigenvalue weighted by Gasteiger charge is 2.11. The minimum atomic E-state index is 0.00271. The fraction of sp³-hybridized carbons (Fsp3) is 0.214. The van der Waals surface area contributed by atoms with Gasteiger partial charge in [-0.15, -0.1) is 11.3 Å². The molecule has 0 unspecified atom stereocenters. The monoisotopic (exact) mass is 338 g/mol. The van der Waals surface area contributed by atoms with Crippen molar-refractivity contribution in [1.82, 2.24) is 4.90 Å². The lowest BCUT2D eigenvalue weighted by atomic mass is 10.2. The molecule has 0 aliphatic heterocycles. The number of carbonyl (C=O) groups excluding carboxylic acids is 1. The first-order chi connectivity index (χ1) is 9.06. The van der Waals surface area contributed by atoms with Gasteiger partial charge in [-0.25, -0.2) is 0 Å². The summed E-state index contributed by atoms with van der Waals surface area (Å²) in [5.74, 6) is 0.00271. The molecule has 0 fully saturated rings. The normalized spacial score (nSPS) is 10.4. The third kappa shape index (κ3) is 3.81. The summed E-state index contributed by atoms with van der Waals surface area (Å²) in [6.07, 6.45) is 0.862. The van der Waals surface area contributed by atoms with E-state index in [1.807, 2.05) is 13.1 Å². The number of benzene rings is 1. The van der Waals surface area contributed by atoms with Crippen molar-refractivity contribution in [2.45, 2.75) is 6.42 Å². The van der Waals surface area contributed by atoms with Crippen molar-refractivity contribution in [2.24, 2.45) is 0 Å². The van der Waals surface area contributed by atoms with Gasteiger partial charge in [-0.3, -0.25) is 4.79 Å². The van der Waals surface area contributed by atoms with Gasteiger partial charge >= 0.3 is 0 Å². The van der Waals surface area contributed by atoms with E-state index in [1.165, 1.54) is 4.88 Å². The van der Waals surface area contributed by atoms with Gasteiger partial charge in [0.1, 0.15) is 0 Å². The van der Waals surface area contributed by atoms with Crippen LogP contribution < -0.4 is 5.73 Å². The van der Waals surface area contributed by atoms with Crippen molar-refractivity contribution in [2.75, 3.05) is 19.3 Å². The Morgan fingerprint density at radius 1 is 1.37 bits per heavy atom. The Morgan fingerprint density at radius 3 is 2.79 bits per heavy atom. The lowest BCUT2D eigenvalue weighted by Gasteiger charge is -2.16. The summed E-state index contributed by atoms with van der Waals surface area (Å²) in [4.78, 5) is 15.2. The van der Waals surface area contributed by atoms with Gasteiger partial charge in [0, 0.05) is 29.7 Å². The van der Waals surface area contributed by atoms with Crippen molar-refractivity contribution < 1.29 is 4.79 Å². The van der Waals surface area contributed by atoms with Crippen LogP contribution >= 0.6 is 27.3 Å². The molecule has 100 valence electrons. The standard InChI is InChI=1S/C14H15BrN2OS/c1-17(8-7-12-5-6-13(15)19-12)14(18)10-3-2-4-11(16)9-10/h2-6,9H,7-8,16H2,1H3. The SMILES string of the molecule is CN(CCc1ccc(Br)s1)C(=O)c1cccc(N)c1. The highest BCUT2D eigenvalue weighted by Crippen LogP contribution is 2.22. The summed E-state index contributed by atoms with van der Waals surface area (Å²) in [5.41, 5.74) is 6.94. The fourth-order valence-corrected chi connectivity index (χ4v) is 3.23. The Kier molecular flexibility index (Phi) is 4.61. The first-order valence-electron chi connectivity index (χ1n) is 5.91. The third-order valence-electron chi connectivity index (χ3n) is 2.80. The van der Waals surface area contributed by atoms with Crippen molar-refractivity contribution in [3.63, 3.8) is 0 Å². The Morgan fingerprint density at radius 2 is 2.16 bits per heavy atom. The summed E-state index contributed by atoms with van der Waals surface area (Å²) in [7, 11) is 1.81. The van der Waals surface area contributed by atoms with Crippen LogP contribution in [0.4, 0.5) is 5.69 Å². The lowest BCUT2D eigenvalue weighted by Crippen LogP contribution is -2.28. The molecule has 0 saturated carbocycles. The Bertz CT molecular complexity index is 582. The molecule has 1 heterocycles. The predicted molar refractivity (Wildman–Crippen MR) is 83.5 cm³/mol. The molecule has 2 N–H and O–H groups in total. The van der Waals surface area contributed by atoms with Crippen molar-refractivity contribution in [3.05, 3.63) is 50.6 Å². The molecule has 0 aliphatic rings. The molecule has 1 aromatic heterocycles. The summed E-state index contributed by atoms with van der Waals surface area (Å²) in [5, 5.41) is 0. The van der Waals surface area contributed by atoms with Crippen LogP contribution in [0.5, 0.6) is 0 Å². The molecule has 0 radical (unpaired) electrons. The summed E-state index contributed by atoms with van der Waals surface area (Å²) in [6, 6.07) is 11.2. The smallest absolute Gasteiger partial charge is 0.253 e. The van der Waals surface area contributed by atoms with Gasteiger partial charge in [0.15, 0.2) is 0 Å². The lowest BCUT2D eigenvalue weighted by molar-refractivity contribution is 0.0797. The van der Waals surface area contributed by atoms with E-state index in [9.17, 15) is 4.79 Å². The number of rotatable bonds is 4. The molecule has 2 rings (SSSR count). The number of nitrogen functional groups attached to an aromatic ring is 1. The van der Waals surface area contributed by atoms with Crippen LogP contribution in [0.3, 0.4) is 0 Å². The number of nitrogens with zero attached hydrogens (tertiary/aromatic N) is 1. The fourth-order valence-electron chi connectivity index (χ4n) is 1.76. The number of hydrogen-bond acceptors (Lipinski definition) is 3. The van der Waals surface area contributed by atoms with Crippen LogP contribution in [0.2, 0.25) is 0 Å². The number of nitrogens with two attached hydrogens (primary N) is 1. The van der Waals surface area contributed by atoms with Crippen molar-refractivity contribution >= 4 is 38.9 Å². The molecule has 19 heavy (non-hydrogen) atoms. The molecule has 2 aromatic rings. The summed E-state index contributed by atoms with van der Waals surface area (Å²) in [6.45, 7) is 0.695. The van der Waals surface area contributed by atoms with Crippen LogP contribution in [0, 0.1) is 0 Å². The molecular weight excluding hydrogens is 324 g/mol. The number of carbonyl (C=O) groups is 1. The minimum Gasteiger partial charge on any atom is -0.399 e. The number of anilines is 1. The van der Waals surface area contributed by atoms with Gasteiger partial charge in [0.2, 0.25) is 0 Å². The zero-order valence-electron chi connectivity index (χ0n) is 10.6. The van der Waals surface area contributed by atoms with E-state index >= 15 is 0 Å². The molecule has 1 amide bonds. The summed E-state index contributed by atoms with van der Waals surface area (Å²) < 4.78 is 1.12.